The lowest BCUT2D eigenvalue weighted by molar-refractivity contribution is 0.660. The van der Waals surface area contributed by atoms with Crippen molar-refractivity contribution in [2.24, 2.45) is 0 Å². The van der Waals surface area contributed by atoms with Gasteiger partial charge in [-0.25, -0.2) is 0 Å². The minimum atomic E-state index is -0.743. The summed E-state index contributed by atoms with van der Waals surface area (Å²) in [7, 11) is 0. The zero-order valence-corrected chi connectivity index (χ0v) is 50.7. The van der Waals surface area contributed by atoms with Crippen LogP contribution < -0.4 is 14.7 Å². The van der Waals surface area contributed by atoms with Gasteiger partial charge in [-0.15, -0.1) is 0 Å². The van der Waals surface area contributed by atoms with Gasteiger partial charge in [0.2, 0.25) is 0 Å². The van der Waals surface area contributed by atoms with Gasteiger partial charge < -0.3 is 14.7 Å². The zero-order valence-electron chi connectivity index (χ0n) is 50.7. The van der Waals surface area contributed by atoms with Crippen molar-refractivity contribution in [1.82, 2.24) is 0 Å². The Bertz CT molecular complexity index is 4200. The molecular formula is C81H73N3. The number of benzene rings is 11. The molecule has 3 aliphatic rings. The Labute approximate surface area is 498 Å². The van der Waals surface area contributed by atoms with Crippen LogP contribution in [0.2, 0.25) is 0 Å². The number of fused-ring (bicyclic) bond motifs is 8. The summed E-state index contributed by atoms with van der Waals surface area (Å²) in [6.45, 7) is 27.4. The van der Waals surface area contributed by atoms with Crippen LogP contribution >= 0.6 is 0 Å². The highest BCUT2D eigenvalue weighted by molar-refractivity contribution is 5.92. The highest BCUT2D eigenvalue weighted by Crippen LogP contribution is 2.59. The average Bonchev–Trinajstić information content (AvgIpc) is 1.08. The van der Waals surface area contributed by atoms with Gasteiger partial charge in [0.05, 0.1) is 16.8 Å². The highest BCUT2D eigenvalue weighted by Gasteiger charge is 2.47. The Morgan fingerprint density at radius 2 is 0.667 bits per heavy atom. The molecule has 11 aromatic rings. The maximum atomic E-state index is 2.49. The van der Waals surface area contributed by atoms with E-state index in [0.717, 1.165) is 45.5 Å². The Kier molecular flexibility index (Phi) is 12.2. The molecule has 0 saturated carbocycles. The van der Waals surface area contributed by atoms with Gasteiger partial charge in [0.15, 0.2) is 0 Å². The van der Waals surface area contributed by atoms with Crippen LogP contribution in [-0.4, -0.2) is 0 Å². The van der Waals surface area contributed by atoms with Crippen LogP contribution in [0.4, 0.5) is 51.2 Å². The number of para-hydroxylation sites is 1. The summed E-state index contributed by atoms with van der Waals surface area (Å²) in [5.41, 5.74) is 35.1. The number of hydrogen-bond acceptors (Lipinski definition) is 3. The molecule has 0 fully saturated rings. The second kappa shape index (κ2) is 19.5. The number of rotatable bonds is 9. The van der Waals surface area contributed by atoms with Gasteiger partial charge in [-0.3, -0.25) is 0 Å². The fraction of sp³-hybridized carbons (Fsp3) is 0.185. The van der Waals surface area contributed by atoms with Gasteiger partial charge in [0, 0.05) is 50.6 Å². The van der Waals surface area contributed by atoms with Crippen LogP contribution in [0.15, 0.2) is 224 Å². The molecular weight excluding hydrogens is 1010 g/mol. The largest absolute Gasteiger partial charge is 0.310 e. The van der Waals surface area contributed by atoms with Crippen LogP contribution in [0.25, 0.3) is 22.3 Å². The fourth-order valence-corrected chi connectivity index (χ4v) is 14.7. The lowest BCUT2D eigenvalue weighted by atomic mass is 9.62. The van der Waals surface area contributed by atoms with Crippen LogP contribution in [0.1, 0.15) is 117 Å². The summed E-state index contributed by atoms with van der Waals surface area (Å²) in [4.78, 5) is 7.45. The summed E-state index contributed by atoms with van der Waals surface area (Å²) in [6, 6.07) is 86.1. The molecule has 11 aromatic carbocycles. The molecule has 14 rings (SSSR count). The van der Waals surface area contributed by atoms with E-state index in [4.69, 9.17) is 0 Å². The zero-order chi connectivity index (χ0) is 58.1. The topological polar surface area (TPSA) is 9.72 Å². The Hall–Kier alpha value is -9.18. The van der Waals surface area contributed by atoms with E-state index in [-0.39, 0.29) is 10.8 Å². The molecule has 0 unspecified atom stereocenters. The van der Waals surface area contributed by atoms with Crippen molar-refractivity contribution < 1.29 is 0 Å². The minimum absolute atomic E-state index is 0.148. The molecule has 0 spiro atoms. The molecule has 2 aliphatic carbocycles. The van der Waals surface area contributed by atoms with Crippen molar-refractivity contribution in [3.05, 3.63) is 313 Å². The van der Waals surface area contributed by atoms with E-state index in [2.05, 4.69) is 322 Å². The summed E-state index contributed by atoms with van der Waals surface area (Å²) in [5, 5.41) is 0. The van der Waals surface area contributed by atoms with Gasteiger partial charge in [0.1, 0.15) is 0 Å². The molecule has 0 aromatic heterocycles. The molecule has 84 heavy (non-hydrogen) atoms. The fourth-order valence-electron chi connectivity index (χ4n) is 14.7. The lowest BCUT2D eigenvalue weighted by Gasteiger charge is -2.47. The first kappa shape index (κ1) is 52.9. The first-order chi connectivity index (χ1) is 40.4. The first-order valence-corrected chi connectivity index (χ1v) is 30.0. The van der Waals surface area contributed by atoms with E-state index < -0.39 is 5.41 Å². The second-order valence-electron chi connectivity index (χ2n) is 25.4. The third-order valence-electron chi connectivity index (χ3n) is 19.7. The van der Waals surface area contributed by atoms with Gasteiger partial charge in [-0.1, -0.05) is 166 Å². The molecule has 0 radical (unpaired) electrons. The lowest BCUT2D eigenvalue weighted by Crippen LogP contribution is -2.38. The maximum Gasteiger partial charge on any atom is 0.0742 e. The van der Waals surface area contributed by atoms with Crippen LogP contribution in [-0.2, 0) is 16.2 Å². The monoisotopic (exact) mass is 1090 g/mol. The van der Waals surface area contributed by atoms with Crippen molar-refractivity contribution in [2.75, 3.05) is 14.7 Å². The molecule has 0 atom stereocenters. The first-order valence-electron chi connectivity index (χ1n) is 30.0. The Morgan fingerprint density at radius 3 is 1.13 bits per heavy atom. The van der Waals surface area contributed by atoms with Crippen molar-refractivity contribution in [3.63, 3.8) is 0 Å². The average molecular weight is 1090 g/mol. The van der Waals surface area contributed by atoms with Crippen LogP contribution in [0, 0.1) is 55.4 Å². The summed E-state index contributed by atoms with van der Waals surface area (Å²) < 4.78 is 0. The molecule has 3 heteroatoms. The Balaban J connectivity index is 0.980. The van der Waals surface area contributed by atoms with Crippen LogP contribution in [0.3, 0.4) is 0 Å². The Morgan fingerprint density at radius 1 is 0.286 bits per heavy atom. The van der Waals surface area contributed by atoms with Gasteiger partial charge in [0.25, 0.3) is 0 Å². The maximum absolute atomic E-state index is 2.49. The van der Waals surface area contributed by atoms with E-state index in [9.17, 15) is 0 Å². The molecule has 412 valence electrons. The molecule has 1 aliphatic heterocycles. The summed E-state index contributed by atoms with van der Waals surface area (Å²) in [6.07, 6.45) is 0. The molecule has 1 heterocycles. The predicted octanol–water partition coefficient (Wildman–Crippen LogP) is 21.9. The van der Waals surface area contributed by atoms with Crippen molar-refractivity contribution in [1.29, 1.82) is 0 Å². The van der Waals surface area contributed by atoms with Gasteiger partial charge >= 0.3 is 0 Å². The van der Waals surface area contributed by atoms with E-state index in [1.807, 2.05) is 0 Å². The van der Waals surface area contributed by atoms with Crippen LogP contribution in [0.5, 0.6) is 0 Å². The number of hydrogen-bond donors (Lipinski definition) is 0. The third-order valence-corrected chi connectivity index (χ3v) is 19.7. The highest BCUT2D eigenvalue weighted by atomic mass is 15.2. The molecule has 3 nitrogen and oxygen atoms in total. The third kappa shape index (κ3) is 7.99. The smallest absolute Gasteiger partial charge is 0.0742 e. The quantitative estimate of drug-likeness (QED) is 0.143. The molecule has 0 amide bonds. The van der Waals surface area contributed by atoms with Crippen molar-refractivity contribution in [2.45, 2.75) is 99.3 Å². The summed E-state index contributed by atoms with van der Waals surface area (Å²) >= 11 is 0. The van der Waals surface area contributed by atoms with Gasteiger partial charge in [-0.2, -0.15) is 0 Å². The number of nitrogens with zero attached hydrogens (tertiary/aromatic N) is 3. The minimum Gasteiger partial charge on any atom is -0.310 e. The molecule has 0 N–H and O–H groups in total. The molecule has 0 saturated heterocycles. The van der Waals surface area contributed by atoms with E-state index in [1.165, 1.54) is 117 Å². The molecule has 0 bridgehead atoms. The van der Waals surface area contributed by atoms with E-state index >= 15 is 0 Å². The van der Waals surface area contributed by atoms with E-state index in [0.29, 0.717) is 0 Å². The second-order valence-corrected chi connectivity index (χ2v) is 25.4. The summed E-state index contributed by atoms with van der Waals surface area (Å²) in [5.74, 6) is 0. The number of anilines is 9. The van der Waals surface area contributed by atoms with Crippen molar-refractivity contribution >= 4 is 51.2 Å². The standard InChI is InChI=1S/C81H73N3/c1-50-25-32-62(33-26-50)84-77-24-18-17-23-73(77)81(76-43-51(2)27-42-78(76)84,58-28-34-60(35-29-58)82(65-44-52(3)56(7)53(4)45-65)63-38-40-69-67-19-13-15-21-71(67)79(9,10)74(69)48-63)59-30-36-61(37-31-59)83(66-46-54(5)57(8)55(6)47-66)64-39-41-70-68-20-14-16-22-72(68)80(11,12)75(70)49-64/h13-49H,1-12H3. The van der Waals surface area contributed by atoms with E-state index in [1.54, 1.807) is 0 Å². The van der Waals surface area contributed by atoms with Crippen molar-refractivity contribution in [3.8, 4) is 22.3 Å². The SMILES string of the molecule is Cc1ccc(N2c3ccccc3C(c3ccc(N(c4cc(C)c(C)c(C)c4)c4ccc5c(c4)C(C)(C)c4ccccc4-5)cc3)(c3ccc(N(c4cc(C)c(C)c(C)c4)c4ccc5c(c4)C(C)(C)c4ccccc4-5)cc3)c3cc(C)ccc32)cc1. The van der Waals surface area contributed by atoms with Gasteiger partial charge in [-0.05, 0) is 253 Å². The number of aryl methyl sites for hydroxylation is 6. The predicted molar refractivity (Wildman–Crippen MR) is 355 cm³/mol. The normalized spacial score (nSPS) is 14.5.